The first-order valence-corrected chi connectivity index (χ1v) is 7.53. The molecule has 0 bridgehead atoms. The van der Waals surface area contributed by atoms with Gasteiger partial charge in [0.05, 0.1) is 6.42 Å². The van der Waals surface area contributed by atoms with Gasteiger partial charge >= 0.3 is 0 Å². The normalized spacial score (nSPS) is 10.7. The first kappa shape index (κ1) is 14.4. The number of rotatable bonds is 9. The summed E-state index contributed by atoms with van der Waals surface area (Å²) < 4.78 is 0. The number of hydrogen-bond acceptors (Lipinski definition) is 3. The summed E-state index contributed by atoms with van der Waals surface area (Å²) in [7, 11) is 0. The Hall–Kier alpha value is -0.700. The highest BCUT2D eigenvalue weighted by Gasteiger charge is 2.06. The molecule has 0 unspecified atom stereocenters. The molecular weight excluding hydrogens is 230 g/mol. The fourth-order valence-electron chi connectivity index (χ4n) is 1.84. The van der Waals surface area contributed by atoms with E-state index in [1.165, 1.54) is 32.1 Å². The predicted molar refractivity (Wildman–Crippen MR) is 73.6 cm³/mol. The number of hydrogen-bond donors (Lipinski definition) is 0. The molecule has 1 rings (SSSR count). The molecule has 0 spiro atoms. The van der Waals surface area contributed by atoms with Crippen LogP contribution in [0, 0.1) is 6.92 Å². The van der Waals surface area contributed by atoms with Gasteiger partial charge in [-0.15, -0.1) is 11.3 Å². The molecule has 3 heteroatoms. The fourth-order valence-corrected chi connectivity index (χ4v) is 2.64. The lowest BCUT2D eigenvalue weighted by atomic mass is 10.1. The number of nitrogens with zero attached hydrogens (tertiary/aromatic N) is 1. The minimum atomic E-state index is 0.342. The van der Waals surface area contributed by atoms with E-state index in [0.717, 1.165) is 23.5 Å². The Morgan fingerprint density at radius 1 is 1.24 bits per heavy atom. The van der Waals surface area contributed by atoms with Gasteiger partial charge in [-0.1, -0.05) is 39.0 Å². The molecule has 0 saturated heterocycles. The lowest BCUT2D eigenvalue weighted by Gasteiger charge is -2.00. The molecule has 0 aliphatic heterocycles. The first-order chi connectivity index (χ1) is 8.22. The Morgan fingerprint density at radius 2 is 1.94 bits per heavy atom. The summed E-state index contributed by atoms with van der Waals surface area (Å²) in [6.45, 7) is 4.19. The maximum Gasteiger partial charge on any atom is 0.139 e. The quantitative estimate of drug-likeness (QED) is 0.614. The van der Waals surface area contributed by atoms with Crippen molar-refractivity contribution in [1.29, 1.82) is 0 Å². The monoisotopic (exact) mass is 253 g/mol. The number of aromatic nitrogens is 1. The summed E-state index contributed by atoms with van der Waals surface area (Å²) in [5, 5.41) is 2.98. The zero-order valence-electron chi connectivity index (χ0n) is 11.0. The summed E-state index contributed by atoms with van der Waals surface area (Å²) >= 11 is 1.60. The molecule has 0 radical (unpaired) electrons. The van der Waals surface area contributed by atoms with Crippen LogP contribution in [0.1, 0.15) is 62.6 Å². The third-order valence-corrected chi connectivity index (χ3v) is 3.79. The van der Waals surface area contributed by atoms with E-state index >= 15 is 0 Å². The smallest absolute Gasteiger partial charge is 0.139 e. The van der Waals surface area contributed by atoms with E-state index in [4.69, 9.17) is 0 Å². The molecular formula is C14H23NOS. The number of unbranched alkanes of at least 4 members (excludes halogenated alkanes) is 5. The van der Waals surface area contributed by atoms with Crippen LogP contribution in [-0.4, -0.2) is 10.8 Å². The maximum atomic E-state index is 11.7. The Balaban J connectivity index is 2.05. The highest BCUT2D eigenvalue weighted by atomic mass is 32.1. The van der Waals surface area contributed by atoms with Crippen molar-refractivity contribution in [2.24, 2.45) is 0 Å². The van der Waals surface area contributed by atoms with E-state index in [1.807, 2.05) is 12.3 Å². The largest absolute Gasteiger partial charge is 0.299 e. The second-order valence-electron chi connectivity index (χ2n) is 4.62. The Labute approximate surface area is 108 Å². The van der Waals surface area contributed by atoms with Crippen molar-refractivity contribution in [1.82, 2.24) is 4.98 Å². The highest BCUT2D eigenvalue weighted by Crippen LogP contribution is 2.12. The van der Waals surface area contributed by atoms with Crippen molar-refractivity contribution in [3.05, 3.63) is 16.1 Å². The van der Waals surface area contributed by atoms with Crippen LogP contribution in [0.3, 0.4) is 0 Å². The number of thiazole rings is 1. The SMILES string of the molecule is CCCCCCCCC(=O)Cc1nc(C)cs1. The molecule has 2 nitrogen and oxygen atoms in total. The van der Waals surface area contributed by atoms with Gasteiger partial charge in [-0.2, -0.15) is 0 Å². The van der Waals surface area contributed by atoms with Crippen molar-refractivity contribution in [3.8, 4) is 0 Å². The van der Waals surface area contributed by atoms with Gasteiger partial charge in [0, 0.05) is 17.5 Å². The predicted octanol–water partition coefficient (Wildman–Crippen LogP) is 4.31. The second-order valence-corrected chi connectivity index (χ2v) is 5.56. The standard InChI is InChI=1S/C14H23NOS/c1-3-4-5-6-7-8-9-13(16)10-14-15-12(2)11-17-14/h11H,3-10H2,1-2H3. The summed E-state index contributed by atoms with van der Waals surface area (Å²) in [6, 6.07) is 0. The Kier molecular flexibility index (Phi) is 7.10. The zero-order chi connectivity index (χ0) is 12.5. The van der Waals surface area contributed by atoms with Gasteiger partial charge in [-0.25, -0.2) is 4.98 Å². The number of aryl methyl sites for hydroxylation is 1. The van der Waals surface area contributed by atoms with E-state index in [0.29, 0.717) is 12.2 Å². The second kappa shape index (κ2) is 8.40. The van der Waals surface area contributed by atoms with Gasteiger partial charge in [0.15, 0.2) is 0 Å². The third-order valence-electron chi connectivity index (χ3n) is 2.82. The molecule has 0 saturated carbocycles. The Bertz CT molecular complexity index is 333. The van der Waals surface area contributed by atoms with Crippen LogP contribution in [0.2, 0.25) is 0 Å². The number of carbonyl (C=O) groups is 1. The highest BCUT2D eigenvalue weighted by molar-refractivity contribution is 7.09. The van der Waals surface area contributed by atoms with Crippen LogP contribution >= 0.6 is 11.3 Å². The summed E-state index contributed by atoms with van der Waals surface area (Å²) in [5.74, 6) is 0.342. The summed E-state index contributed by atoms with van der Waals surface area (Å²) in [6.07, 6.45) is 8.70. The molecule has 0 atom stereocenters. The number of carbonyl (C=O) groups excluding carboxylic acids is 1. The molecule has 96 valence electrons. The molecule has 0 N–H and O–H groups in total. The lowest BCUT2D eigenvalue weighted by Crippen LogP contribution is -2.02. The van der Waals surface area contributed by atoms with Gasteiger partial charge in [0.25, 0.3) is 0 Å². The number of Topliss-reactive ketones (excluding diaryl/α,β-unsaturated/α-hetero) is 1. The van der Waals surface area contributed by atoms with Gasteiger partial charge in [-0.3, -0.25) is 4.79 Å². The van der Waals surface area contributed by atoms with Crippen molar-refractivity contribution < 1.29 is 4.79 Å². The van der Waals surface area contributed by atoms with E-state index in [1.54, 1.807) is 11.3 Å². The lowest BCUT2D eigenvalue weighted by molar-refractivity contribution is -0.118. The molecule has 1 aromatic heterocycles. The molecule has 0 aromatic carbocycles. The average molecular weight is 253 g/mol. The first-order valence-electron chi connectivity index (χ1n) is 6.65. The molecule has 0 aliphatic rings. The Morgan fingerprint density at radius 3 is 2.59 bits per heavy atom. The van der Waals surface area contributed by atoms with Crippen LogP contribution in [0.25, 0.3) is 0 Å². The van der Waals surface area contributed by atoms with Gasteiger partial charge < -0.3 is 0 Å². The van der Waals surface area contributed by atoms with E-state index < -0.39 is 0 Å². The molecule has 1 aromatic rings. The van der Waals surface area contributed by atoms with E-state index in [9.17, 15) is 4.79 Å². The summed E-state index contributed by atoms with van der Waals surface area (Å²) in [4.78, 5) is 16.0. The molecule has 0 aliphatic carbocycles. The topological polar surface area (TPSA) is 30.0 Å². The summed E-state index contributed by atoms with van der Waals surface area (Å²) in [5.41, 5.74) is 1.03. The average Bonchev–Trinajstić information content (AvgIpc) is 2.69. The van der Waals surface area contributed by atoms with Crippen LogP contribution < -0.4 is 0 Å². The molecule has 17 heavy (non-hydrogen) atoms. The van der Waals surface area contributed by atoms with Gasteiger partial charge in [-0.05, 0) is 13.3 Å². The van der Waals surface area contributed by atoms with Gasteiger partial charge in [0.1, 0.15) is 10.8 Å². The van der Waals surface area contributed by atoms with Crippen LogP contribution in [-0.2, 0) is 11.2 Å². The fraction of sp³-hybridized carbons (Fsp3) is 0.714. The minimum absolute atomic E-state index is 0.342. The van der Waals surface area contributed by atoms with Crippen molar-refractivity contribution >= 4 is 17.1 Å². The molecule has 0 fully saturated rings. The third kappa shape index (κ3) is 6.57. The van der Waals surface area contributed by atoms with Crippen molar-refractivity contribution in [3.63, 3.8) is 0 Å². The van der Waals surface area contributed by atoms with Crippen molar-refractivity contribution in [2.45, 2.75) is 65.2 Å². The van der Waals surface area contributed by atoms with Gasteiger partial charge in [0.2, 0.25) is 0 Å². The molecule has 0 amide bonds. The van der Waals surface area contributed by atoms with E-state index in [-0.39, 0.29) is 0 Å². The molecule has 1 heterocycles. The minimum Gasteiger partial charge on any atom is -0.299 e. The van der Waals surface area contributed by atoms with E-state index in [2.05, 4.69) is 11.9 Å². The van der Waals surface area contributed by atoms with Crippen molar-refractivity contribution in [2.75, 3.05) is 0 Å². The van der Waals surface area contributed by atoms with Crippen LogP contribution in [0.15, 0.2) is 5.38 Å². The van der Waals surface area contributed by atoms with Crippen LogP contribution in [0.5, 0.6) is 0 Å². The van der Waals surface area contributed by atoms with Crippen LogP contribution in [0.4, 0.5) is 0 Å². The zero-order valence-corrected chi connectivity index (χ0v) is 11.8. The number of ketones is 1. The maximum absolute atomic E-state index is 11.7.